The molecule has 2 rings (SSSR count). The molecule has 1 unspecified atom stereocenters. The van der Waals surface area contributed by atoms with Crippen molar-refractivity contribution in [1.82, 2.24) is 4.98 Å². The summed E-state index contributed by atoms with van der Waals surface area (Å²) in [5.41, 5.74) is 1.12. The van der Waals surface area contributed by atoms with E-state index in [1.54, 1.807) is 0 Å². The lowest BCUT2D eigenvalue weighted by molar-refractivity contribution is 0.800. The number of nitrogens with one attached hydrogen (secondary N) is 2. The lowest BCUT2D eigenvalue weighted by atomic mass is 10.2. The van der Waals surface area contributed by atoms with Crippen LogP contribution in [0, 0.1) is 6.92 Å². The van der Waals surface area contributed by atoms with Gasteiger partial charge in [-0.3, -0.25) is 0 Å². The lowest BCUT2D eigenvalue weighted by Gasteiger charge is -2.15. The van der Waals surface area contributed by atoms with Crippen molar-refractivity contribution >= 4 is 22.8 Å². The predicted octanol–water partition coefficient (Wildman–Crippen LogP) is 4.32. The van der Waals surface area contributed by atoms with Crippen LogP contribution in [0.1, 0.15) is 30.0 Å². The summed E-state index contributed by atoms with van der Waals surface area (Å²) in [5, 5.41) is 6.86. The number of hydrogen-bond acceptors (Lipinski definition) is 4. The topological polar surface area (TPSA) is 37.0 Å². The highest BCUT2D eigenvalue weighted by Gasteiger charge is 2.06. The van der Waals surface area contributed by atoms with Crippen LogP contribution in [0.3, 0.4) is 0 Å². The van der Waals surface area contributed by atoms with Gasteiger partial charge in [0.15, 0.2) is 0 Å². The molecule has 0 saturated heterocycles. The van der Waals surface area contributed by atoms with Gasteiger partial charge in [-0.05, 0) is 38.5 Å². The summed E-state index contributed by atoms with van der Waals surface area (Å²) in [6.45, 7) is 7.48. The smallest absolute Gasteiger partial charge is 0.127 e. The molecule has 0 fully saturated rings. The first-order valence-electron chi connectivity index (χ1n) is 7.19. The molecular formula is C16H23N3S. The molecule has 0 bridgehead atoms. The van der Waals surface area contributed by atoms with Crippen molar-refractivity contribution < 1.29 is 0 Å². The molecule has 0 saturated carbocycles. The van der Waals surface area contributed by atoms with Crippen LogP contribution in [0.5, 0.6) is 0 Å². The Morgan fingerprint density at radius 2 is 2.15 bits per heavy atom. The SMILES string of the molecule is CCCNc1cc(NC(C)Cc2ccc(C)s2)ccn1. The second-order valence-electron chi connectivity index (χ2n) is 5.12. The minimum absolute atomic E-state index is 0.412. The molecule has 2 heterocycles. The molecule has 3 nitrogen and oxygen atoms in total. The lowest BCUT2D eigenvalue weighted by Crippen LogP contribution is -2.17. The molecule has 0 spiro atoms. The van der Waals surface area contributed by atoms with Gasteiger partial charge in [0.05, 0.1) is 0 Å². The fourth-order valence-electron chi connectivity index (χ4n) is 2.10. The van der Waals surface area contributed by atoms with Crippen LogP contribution in [0.2, 0.25) is 0 Å². The van der Waals surface area contributed by atoms with Gasteiger partial charge in [-0.15, -0.1) is 11.3 Å². The highest BCUT2D eigenvalue weighted by atomic mass is 32.1. The molecular weight excluding hydrogens is 266 g/mol. The fourth-order valence-corrected chi connectivity index (χ4v) is 3.12. The molecule has 4 heteroatoms. The van der Waals surface area contributed by atoms with Gasteiger partial charge < -0.3 is 10.6 Å². The number of thiophene rings is 1. The van der Waals surface area contributed by atoms with Gasteiger partial charge in [0, 0.05) is 46.7 Å². The average Bonchev–Trinajstić information content (AvgIpc) is 2.82. The molecule has 0 aliphatic carbocycles. The molecule has 0 aliphatic rings. The van der Waals surface area contributed by atoms with E-state index >= 15 is 0 Å². The highest BCUT2D eigenvalue weighted by Crippen LogP contribution is 2.19. The van der Waals surface area contributed by atoms with E-state index in [0.717, 1.165) is 30.9 Å². The Balaban J connectivity index is 1.91. The van der Waals surface area contributed by atoms with E-state index in [1.165, 1.54) is 9.75 Å². The Morgan fingerprint density at radius 3 is 2.85 bits per heavy atom. The number of nitrogens with zero attached hydrogens (tertiary/aromatic N) is 1. The number of aryl methyl sites for hydroxylation is 1. The fraction of sp³-hybridized carbons (Fsp3) is 0.438. The molecule has 0 amide bonds. The quantitative estimate of drug-likeness (QED) is 0.797. The van der Waals surface area contributed by atoms with E-state index in [1.807, 2.05) is 23.6 Å². The monoisotopic (exact) mass is 289 g/mol. The molecule has 0 aromatic carbocycles. The number of aromatic nitrogens is 1. The van der Waals surface area contributed by atoms with E-state index in [0.29, 0.717) is 6.04 Å². The van der Waals surface area contributed by atoms with E-state index < -0.39 is 0 Å². The number of rotatable bonds is 7. The number of anilines is 2. The van der Waals surface area contributed by atoms with Crippen molar-refractivity contribution in [2.45, 2.75) is 39.7 Å². The molecule has 2 aromatic heterocycles. The summed E-state index contributed by atoms with van der Waals surface area (Å²) in [5.74, 6) is 0.941. The van der Waals surface area contributed by atoms with Gasteiger partial charge in [0.2, 0.25) is 0 Å². The van der Waals surface area contributed by atoms with Crippen molar-refractivity contribution in [3.63, 3.8) is 0 Å². The Kier molecular flexibility index (Phi) is 5.41. The standard InChI is InChI=1S/C16H23N3S/c1-4-8-17-16-11-14(7-9-18-16)19-12(2)10-15-6-5-13(3)20-15/h5-7,9,11-12H,4,8,10H2,1-3H3,(H2,17,18,19). The first-order valence-corrected chi connectivity index (χ1v) is 8.01. The third-order valence-electron chi connectivity index (χ3n) is 3.03. The number of pyridine rings is 1. The number of hydrogen-bond donors (Lipinski definition) is 2. The van der Waals surface area contributed by atoms with E-state index in [-0.39, 0.29) is 0 Å². The first-order chi connectivity index (χ1) is 9.67. The predicted molar refractivity (Wildman–Crippen MR) is 88.9 cm³/mol. The molecule has 0 aliphatic heterocycles. The third-order valence-corrected chi connectivity index (χ3v) is 4.06. The van der Waals surface area contributed by atoms with Gasteiger partial charge in [0.25, 0.3) is 0 Å². The van der Waals surface area contributed by atoms with Gasteiger partial charge in [0.1, 0.15) is 5.82 Å². The van der Waals surface area contributed by atoms with E-state index in [4.69, 9.17) is 0 Å². The minimum Gasteiger partial charge on any atom is -0.382 e. The zero-order valence-corrected chi connectivity index (χ0v) is 13.3. The molecule has 0 radical (unpaired) electrons. The molecule has 108 valence electrons. The molecule has 2 aromatic rings. The Hall–Kier alpha value is -1.55. The van der Waals surface area contributed by atoms with Crippen molar-refractivity contribution in [2.24, 2.45) is 0 Å². The van der Waals surface area contributed by atoms with Crippen LogP contribution >= 0.6 is 11.3 Å². The maximum absolute atomic E-state index is 4.32. The third kappa shape index (κ3) is 4.53. The highest BCUT2D eigenvalue weighted by molar-refractivity contribution is 7.11. The van der Waals surface area contributed by atoms with Crippen LogP contribution in [-0.2, 0) is 6.42 Å². The molecule has 1 atom stereocenters. The molecule has 20 heavy (non-hydrogen) atoms. The average molecular weight is 289 g/mol. The maximum Gasteiger partial charge on any atom is 0.127 e. The van der Waals surface area contributed by atoms with Crippen molar-refractivity contribution in [2.75, 3.05) is 17.2 Å². The first kappa shape index (κ1) is 14.9. The Morgan fingerprint density at radius 1 is 1.30 bits per heavy atom. The Bertz CT molecular complexity index is 536. The van der Waals surface area contributed by atoms with Crippen molar-refractivity contribution in [1.29, 1.82) is 0 Å². The van der Waals surface area contributed by atoms with Crippen LogP contribution in [0.4, 0.5) is 11.5 Å². The summed E-state index contributed by atoms with van der Waals surface area (Å²) in [6.07, 6.45) is 4.01. The van der Waals surface area contributed by atoms with Crippen molar-refractivity contribution in [3.8, 4) is 0 Å². The summed E-state index contributed by atoms with van der Waals surface area (Å²) in [4.78, 5) is 7.13. The summed E-state index contributed by atoms with van der Waals surface area (Å²) in [7, 11) is 0. The maximum atomic E-state index is 4.32. The zero-order chi connectivity index (χ0) is 14.4. The van der Waals surface area contributed by atoms with Crippen LogP contribution < -0.4 is 10.6 Å². The summed E-state index contributed by atoms with van der Waals surface area (Å²) in [6, 6.07) is 8.92. The van der Waals surface area contributed by atoms with Crippen molar-refractivity contribution in [3.05, 3.63) is 40.2 Å². The zero-order valence-electron chi connectivity index (χ0n) is 12.4. The van der Waals surface area contributed by atoms with Gasteiger partial charge >= 0.3 is 0 Å². The largest absolute Gasteiger partial charge is 0.382 e. The second kappa shape index (κ2) is 7.29. The van der Waals surface area contributed by atoms with Crippen LogP contribution in [-0.4, -0.2) is 17.6 Å². The van der Waals surface area contributed by atoms with Crippen LogP contribution in [0.25, 0.3) is 0 Å². The van der Waals surface area contributed by atoms with Crippen LogP contribution in [0.15, 0.2) is 30.5 Å². The molecule has 2 N–H and O–H groups in total. The summed E-state index contributed by atoms with van der Waals surface area (Å²) >= 11 is 1.88. The van der Waals surface area contributed by atoms with Gasteiger partial charge in [-0.2, -0.15) is 0 Å². The minimum atomic E-state index is 0.412. The normalized spacial score (nSPS) is 12.2. The van der Waals surface area contributed by atoms with E-state index in [2.05, 4.69) is 54.6 Å². The second-order valence-corrected chi connectivity index (χ2v) is 6.49. The summed E-state index contributed by atoms with van der Waals surface area (Å²) < 4.78 is 0. The van der Waals surface area contributed by atoms with Gasteiger partial charge in [-0.25, -0.2) is 4.98 Å². The van der Waals surface area contributed by atoms with Gasteiger partial charge in [-0.1, -0.05) is 6.92 Å². The van der Waals surface area contributed by atoms with E-state index in [9.17, 15) is 0 Å². The Labute approximate surface area is 125 Å².